The molecule has 0 spiro atoms. The van der Waals surface area contributed by atoms with Gasteiger partial charge in [-0.1, -0.05) is 36.9 Å². The zero-order valence-corrected chi connectivity index (χ0v) is 15.4. The minimum atomic E-state index is -0.611. The molecule has 3 N–H and O–H groups in total. The zero-order chi connectivity index (χ0) is 18.8. The molecule has 1 aromatic heterocycles. The van der Waals surface area contributed by atoms with Crippen LogP contribution < -0.4 is 10.1 Å². The molecular weight excluding hydrogens is 364 g/mol. The van der Waals surface area contributed by atoms with E-state index >= 15 is 0 Å². The lowest BCUT2D eigenvalue weighted by Crippen LogP contribution is -2.17. The number of benzene rings is 2. The summed E-state index contributed by atoms with van der Waals surface area (Å²) in [6, 6.07) is 12.2. The summed E-state index contributed by atoms with van der Waals surface area (Å²) in [4.78, 5) is 4.54. The molecule has 3 aromatic rings. The maximum Gasteiger partial charge on any atom is 0.247 e. The molecule has 4 rings (SSSR count). The molecule has 1 unspecified atom stereocenters. The molecule has 1 aliphatic heterocycles. The zero-order valence-electron chi connectivity index (χ0n) is 14.6. The molecule has 7 nitrogen and oxygen atoms in total. The van der Waals surface area contributed by atoms with Crippen molar-refractivity contribution in [2.75, 3.05) is 11.1 Å². The van der Waals surface area contributed by atoms with Crippen LogP contribution in [0.3, 0.4) is 0 Å². The highest BCUT2D eigenvalue weighted by molar-refractivity contribution is 7.99. The predicted octanol–water partition coefficient (Wildman–Crippen LogP) is 3.96. The number of rotatable bonds is 4. The fourth-order valence-corrected chi connectivity index (χ4v) is 3.39. The maximum atomic E-state index is 9.86. The van der Waals surface area contributed by atoms with Gasteiger partial charge in [-0.25, -0.2) is 0 Å². The second-order valence-corrected chi connectivity index (χ2v) is 7.09. The first-order valence-corrected chi connectivity index (χ1v) is 9.56. The van der Waals surface area contributed by atoms with Crippen molar-refractivity contribution in [1.29, 1.82) is 0 Å². The van der Waals surface area contributed by atoms with Crippen LogP contribution in [-0.2, 0) is 0 Å². The number of anilines is 1. The summed E-state index contributed by atoms with van der Waals surface area (Å²) in [6.07, 6.45) is 0.394. The molecule has 0 saturated heterocycles. The Morgan fingerprint density at radius 3 is 2.78 bits per heavy atom. The molecule has 0 bridgehead atoms. The Morgan fingerprint density at radius 1 is 1.11 bits per heavy atom. The second kappa shape index (κ2) is 7.32. The standard InChI is InChI=1S/C19H18N4O3S/c1-2-9-27-19-21-18-16(22-23-19)12-5-3-4-6-13(12)20-17(26-18)11-7-8-14(24)15(25)10-11/h3-8,10,17,20,24-25H,2,9H2,1H3. The van der Waals surface area contributed by atoms with Gasteiger partial charge in [0.2, 0.25) is 11.0 Å². The highest BCUT2D eigenvalue weighted by Crippen LogP contribution is 2.40. The Bertz CT molecular complexity index is 983. The monoisotopic (exact) mass is 382 g/mol. The Balaban J connectivity index is 1.79. The number of nitrogens with zero attached hydrogens (tertiary/aromatic N) is 3. The number of nitrogens with one attached hydrogen (secondary N) is 1. The summed E-state index contributed by atoms with van der Waals surface area (Å²) in [5, 5.41) is 31.9. The fourth-order valence-electron chi connectivity index (χ4n) is 2.76. The molecule has 0 aliphatic carbocycles. The van der Waals surface area contributed by atoms with Gasteiger partial charge in [-0.05, 0) is 30.7 Å². The van der Waals surface area contributed by atoms with Gasteiger partial charge >= 0.3 is 0 Å². The van der Waals surface area contributed by atoms with Gasteiger partial charge in [-0.3, -0.25) is 0 Å². The molecule has 2 aromatic carbocycles. The van der Waals surface area contributed by atoms with E-state index in [1.54, 1.807) is 6.07 Å². The van der Waals surface area contributed by atoms with Crippen LogP contribution >= 0.6 is 11.8 Å². The van der Waals surface area contributed by atoms with Gasteiger partial charge in [-0.15, -0.1) is 10.2 Å². The van der Waals surface area contributed by atoms with Gasteiger partial charge in [0.05, 0.1) is 0 Å². The highest BCUT2D eigenvalue weighted by atomic mass is 32.2. The number of aromatic hydroxyl groups is 2. The van der Waals surface area contributed by atoms with Gasteiger partial charge < -0.3 is 20.3 Å². The van der Waals surface area contributed by atoms with Gasteiger partial charge in [0.25, 0.3) is 0 Å². The molecule has 1 aliphatic rings. The van der Waals surface area contributed by atoms with E-state index < -0.39 is 6.23 Å². The van der Waals surface area contributed by atoms with Crippen molar-refractivity contribution in [1.82, 2.24) is 15.2 Å². The first-order chi connectivity index (χ1) is 13.2. The summed E-state index contributed by atoms with van der Waals surface area (Å²) in [7, 11) is 0. The van der Waals surface area contributed by atoms with Crippen molar-refractivity contribution in [3.05, 3.63) is 48.0 Å². The summed E-state index contributed by atoms with van der Waals surface area (Å²) in [5.41, 5.74) is 2.86. The van der Waals surface area contributed by atoms with E-state index in [9.17, 15) is 10.2 Å². The van der Waals surface area contributed by atoms with Crippen LogP contribution in [0.2, 0.25) is 0 Å². The fraction of sp³-hybridized carbons (Fsp3) is 0.211. The number of phenolic OH excluding ortho intramolecular Hbond substituents is 2. The number of ether oxygens (including phenoxy) is 1. The molecule has 138 valence electrons. The number of aromatic nitrogens is 3. The number of fused-ring (bicyclic) bond motifs is 3. The molecule has 0 saturated carbocycles. The molecule has 0 amide bonds. The Morgan fingerprint density at radius 2 is 1.96 bits per heavy atom. The van der Waals surface area contributed by atoms with Crippen molar-refractivity contribution in [2.24, 2.45) is 0 Å². The smallest absolute Gasteiger partial charge is 0.247 e. The third-order valence-electron chi connectivity index (χ3n) is 4.07. The van der Waals surface area contributed by atoms with E-state index in [-0.39, 0.29) is 11.5 Å². The van der Waals surface area contributed by atoms with Crippen LogP contribution in [0.4, 0.5) is 5.69 Å². The molecule has 27 heavy (non-hydrogen) atoms. The van der Waals surface area contributed by atoms with Crippen molar-refractivity contribution in [3.8, 4) is 28.6 Å². The summed E-state index contributed by atoms with van der Waals surface area (Å²) in [6.45, 7) is 2.09. The molecular formula is C19H18N4O3S. The van der Waals surface area contributed by atoms with E-state index in [4.69, 9.17) is 4.74 Å². The minimum absolute atomic E-state index is 0.185. The molecule has 0 fully saturated rings. The number of hydrogen-bond donors (Lipinski definition) is 3. The largest absolute Gasteiger partial charge is 0.504 e. The molecule has 2 heterocycles. The number of phenols is 2. The van der Waals surface area contributed by atoms with Crippen molar-refractivity contribution in [2.45, 2.75) is 24.7 Å². The molecule has 8 heteroatoms. The quantitative estimate of drug-likeness (QED) is 0.461. The summed E-state index contributed by atoms with van der Waals surface area (Å²) < 4.78 is 6.11. The van der Waals surface area contributed by atoms with Gasteiger partial charge in [0.1, 0.15) is 0 Å². The first kappa shape index (κ1) is 17.4. The van der Waals surface area contributed by atoms with Crippen molar-refractivity contribution < 1.29 is 14.9 Å². The van der Waals surface area contributed by atoms with Crippen LogP contribution in [0, 0.1) is 0 Å². The Labute approximate surface area is 160 Å². The number of hydrogen-bond acceptors (Lipinski definition) is 8. The third-order valence-corrected chi connectivity index (χ3v) is 5.11. The average Bonchev–Trinajstić information content (AvgIpc) is 2.85. The average molecular weight is 382 g/mol. The second-order valence-electron chi connectivity index (χ2n) is 6.03. The van der Waals surface area contributed by atoms with Crippen LogP contribution in [0.15, 0.2) is 47.6 Å². The SMILES string of the molecule is CCCSc1nnc2c(n1)OC(c1ccc(O)c(O)c1)Nc1ccccc1-2. The van der Waals surface area contributed by atoms with Gasteiger partial charge in [-0.2, -0.15) is 4.98 Å². The number of thioether (sulfide) groups is 1. The summed E-state index contributed by atoms with van der Waals surface area (Å²) >= 11 is 1.52. The lowest BCUT2D eigenvalue weighted by atomic mass is 10.1. The molecule has 0 radical (unpaired) electrons. The van der Waals surface area contributed by atoms with Crippen molar-refractivity contribution >= 4 is 17.4 Å². The first-order valence-electron chi connectivity index (χ1n) is 8.57. The number of para-hydroxylation sites is 1. The van der Waals surface area contributed by atoms with E-state index in [1.807, 2.05) is 24.3 Å². The maximum absolute atomic E-state index is 9.86. The topological polar surface area (TPSA) is 100 Å². The normalized spacial score (nSPS) is 15.1. The Kier molecular flexibility index (Phi) is 4.72. The van der Waals surface area contributed by atoms with Crippen LogP contribution in [-0.4, -0.2) is 31.1 Å². The molecule has 1 atom stereocenters. The van der Waals surface area contributed by atoms with Crippen LogP contribution in [0.25, 0.3) is 11.3 Å². The lowest BCUT2D eigenvalue weighted by Gasteiger charge is -2.19. The highest BCUT2D eigenvalue weighted by Gasteiger charge is 2.26. The van der Waals surface area contributed by atoms with E-state index in [0.29, 0.717) is 22.3 Å². The van der Waals surface area contributed by atoms with E-state index in [2.05, 4.69) is 27.4 Å². The van der Waals surface area contributed by atoms with Crippen LogP contribution in [0.5, 0.6) is 17.4 Å². The summed E-state index contributed by atoms with van der Waals surface area (Å²) in [5.74, 6) is 0.870. The lowest BCUT2D eigenvalue weighted by molar-refractivity contribution is 0.224. The Hall–Kier alpha value is -3.00. The van der Waals surface area contributed by atoms with Crippen molar-refractivity contribution in [3.63, 3.8) is 0 Å². The van der Waals surface area contributed by atoms with Gasteiger partial charge in [0, 0.05) is 22.6 Å². The van der Waals surface area contributed by atoms with Gasteiger partial charge in [0.15, 0.2) is 23.4 Å². The van der Waals surface area contributed by atoms with Crippen LogP contribution in [0.1, 0.15) is 25.1 Å². The minimum Gasteiger partial charge on any atom is -0.504 e. The van der Waals surface area contributed by atoms with E-state index in [0.717, 1.165) is 23.4 Å². The predicted molar refractivity (Wildman–Crippen MR) is 103 cm³/mol. The van der Waals surface area contributed by atoms with E-state index in [1.165, 1.54) is 23.9 Å². The third kappa shape index (κ3) is 3.48.